The maximum atomic E-state index is 11.9. The van der Waals surface area contributed by atoms with E-state index in [1.54, 1.807) is 0 Å². The van der Waals surface area contributed by atoms with Crippen molar-refractivity contribution in [1.82, 2.24) is 0 Å². The van der Waals surface area contributed by atoms with E-state index >= 15 is 0 Å². The Balaban J connectivity index is 1.89. The lowest BCUT2D eigenvalue weighted by Crippen LogP contribution is -2.28. The molecular weight excluding hydrogens is 228 g/mol. The van der Waals surface area contributed by atoms with Crippen LogP contribution in [0.15, 0.2) is 30.3 Å². The first kappa shape index (κ1) is 13.1. The van der Waals surface area contributed by atoms with Gasteiger partial charge >= 0.3 is 5.97 Å². The second-order valence-electron chi connectivity index (χ2n) is 5.87. The second-order valence-corrected chi connectivity index (χ2v) is 5.87. The molecule has 0 aliphatic carbocycles. The zero-order valence-electron chi connectivity index (χ0n) is 11.2. The standard InChI is InChI=1S/C15H20O3/c1-14(2)10-15(3,13(16)18-14)11-17-9-12-7-5-4-6-8-12/h4-8H,9-11H2,1-3H3. The molecule has 1 aromatic carbocycles. The van der Waals surface area contributed by atoms with Crippen LogP contribution in [0.4, 0.5) is 0 Å². The van der Waals surface area contributed by atoms with E-state index in [9.17, 15) is 4.79 Å². The van der Waals surface area contributed by atoms with Gasteiger partial charge in [0.15, 0.2) is 0 Å². The van der Waals surface area contributed by atoms with E-state index in [0.717, 1.165) is 5.56 Å². The molecule has 3 heteroatoms. The number of benzene rings is 1. The van der Waals surface area contributed by atoms with Crippen molar-refractivity contribution in [3.63, 3.8) is 0 Å². The Kier molecular flexibility index (Phi) is 3.44. The highest BCUT2D eigenvalue weighted by Gasteiger charge is 2.49. The highest BCUT2D eigenvalue weighted by molar-refractivity contribution is 5.79. The molecule has 1 unspecified atom stereocenters. The van der Waals surface area contributed by atoms with E-state index in [2.05, 4.69) is 0 Å². The fraction of sp³-hybridized carbons (Fsp3) is 0.533. The largest absolute Gasteiger partial charge is 0.459 e. The Hall–Kier alpha value is -1.35. The Bertz CT molecular complexity index is 425. The summed E-state index contributed by atoms with van der Waals surface area (Å²) in [5.41, 5.74) is 0.229. The van der Waals surface area contributed by atoms with Gasteiger partial charge in [-0.05, 0) is 26.3 Å². The number of esters is 1. The molecule has 1 heterocycles. The summed E-state index contributed by atoms with van der Waals surface area (Å²) >= 11 is 0. The van der Waals surface area contributed by atoms with Gasteiger partial charge in [-0.2, -0.15) is 0 Å². The molecule has 1 saturated heterocycles. The molecule has 0 bridgehead atoms. The number of cyclic esters (lactones) is 1. The molecule has 0 radical (unpaired) electrons. The minimum atomic E-state index is -0.516. The maximum absolute atomic E-state index is 11.9. The molecule has 0 amide bonds. The summed E-state index contributed by atoms with van der Waals surface area (Å²) in [7, 11) is 0. The predicted octanol–water partition coefficient (Wildman–Crippen LogP) is 2.94. The van der Waals surface area contributed by atoms with Crippen molar-refractivity contribution in [3.05, 3.63) is 35.9 Å². The Morgan fingerprint density at radius 1 is 1.22 bits per heavy atom. The van der Waals surface area contributed by atoms with Gasteiger partial charge in [-0.25, -0.2) is 0 Å². The monoisotopic (exact) mass is 248 g/mol. The number of hydrogen-bond donors (Lipinski definition) is 0. The minimum absolute atomic E-state index is 0.152. The Morgan fingerprint density at radius 2 is 1.89 bits per heavy atom. The van der Waals surface area contributed by atoms with Crippen LogP contribution in [0.3, 0.4) is 0 Å². The Labute approximate surface area is 108 Å². The predicted molar refractivity (Wildman–Crippen MR) is 69.0 cm³/mol. The van der Waals surface area contributed by atoms with Crippen LogP contribution in [-0.2, 0) is 20.9 Å². The summed E-state index contributed by atoms with van der Waals surface area (Å²) in [6, 6.07) is 9.96. The number of carbonyl (C=O) groups excluding carboxylic acids is 1. The molecule has 98 valence electrons. The van der Waals surface area contributed by atoms with Crippen LogP contribution in [-0.4, -0.2) is 18.2 Å². The van der Waals surface area contributed by atoms with Crippen molar-refractivity contribution in [2.75, 3.05) is 6.61 Å². The zero-order valence-corrected chi connectivity index (χ0v) is 11.2. The first-order valence-electron chi connectivity index (χ1n) is 6.26. The molecule has 1 aliphatic rings. The van der Waals surface area contributed by atoms with Crippen LogP contribution in [0.5, 0.6) is 0 Å². The van der Waals surface area contributed by atoms with Crippen LogP contribution < -0.4 is 0 Å². The fourth-order valence-electron chi connectivity index (χ4n) is 2.50. The van der Waals surface area contributed by atoms with Gasteiger partial charge in [0.25, 0.3) is 0 Å². The molecule has 0 N–H and O–H groups in total. The highest BCUT2D eigenvalue weighted by atomic mass is 16.6. The fourth-order valence-corrected chi connectivity index (χ4v) is 2.50. The van der Waals surface area contributed by atoms with Crippen molar-refractivity contribution < 1.29 is 14.3 Å². The number of rotatable bonds is 4. The van der Waals surface area contributed by atoms with Gasteiger partial charge in [0, 0.05) is 6.42 Å². The van der Waals surface area contributed by atoms with Gasteiger partial charge in [0.1, 0.15) is 5.60 Å². The van der Waals surface area contributed by atoms with Crippen molar-refractivity contribution in [2.24, 2.45) is 5.41 Å². The molecule has 0 aromatic heterocycles. The van der Waals surface area contributed by atoms with Gasteiger partial charge in [-0.3, -0.25) is 4.79 Å². The molecular formula is C15H20O3. The Morgan fingerprint density at radius 3 is 2.44 bits per heavy atom. The summed E-state index contributed by atoms with van der Waals surface area (Å²) < 4.78 is 11.0. The van der Waals surface area contributed by atoms with E-state index in [0.29, 0.717) is 19.6 Å². The molecule has 0 spiro atoms. The zero-order chi connectivity index (χ0) is 13.2. The van der Waals surface area contributed by atoms with Gasteiger partial charge in [0.2, 0.25) is 0 Å². The molecule has 1 aliphatic heterocycles. The third-order valence-corrected chi connectivity index (χ3v) is 3.21. The quantitative estimate of drug-likeness (QED) is 0.768. The van der Waals surface area contributed by atoms with E-state index in [1.165, 1.54) is 0 Å². The molecule has 1 fully saturated rings. The average molecular weight is 248 g/mol. The molecule has 0 saturated carbocycles. The van der Waals surface area contributed by atoms with E-state index < -0.39 is 5.41 Å². The van der Waals surface area contributed by atoms with E-state index in [4.69, 9.17) is 9.47 Å². The van der Waals surface area contributed by atoms with Crippen LogP contribution in [0.1, 0.15) is 32.8 Å². The lowest BCUT2D eigenvalue weighted by Gasteiger charge is -2.20. The number of hydrogen-bond acceptors (Lipinski definition) is 3. The average Bonchev–Trinajstić information content (AvgIpc) is 2.49. The molecule has 18 heavy (non-hydrogen) atoms. The van der Waals surface area contributed by atoms with E-state index in [-0.39, 0.29) is 11.6 Å². The van der Waals surface area contributed by atoms with Gasteiger partial charge < -0.3 is 9.47 Å². The molecule has 1 atom stereocenters. The minimum Gasteiger partial charge on any atom is -0.459 e. The van der Waals surface area contributed by atoms with Crippen LogP contribution in [0.25, 0.3) is 0 Å². The number of ether oxygens (including phenoxy) is 2. The van der Waals surface area contributed by atoms with Crippen molar-refractivity contribution in [2.45, 2.75) is 39.4 Å². The second kappa shape index (κ2) is 4.73. The first-order chi connectivity index (χ1) is 8.41. The topological polar surface area (TPSA) is 35.5 Å². The van der Waals surface area contributed by atoms with Crippen LogP contribution in [0, 0.1) is 5.41 Å². The van der Waals surface area contributed by atoms with E-state index in [1.807, 2.05) is 51.1 Å². The highest BCUT2D eigenvalue weighted by Crippen LogP contribution is 2.40. The van der Waals surface area contributed by atoms with Crippen molar-refractivity contribution >= 4 is 5.97 Å². The SMILES string of the molecule is CC1(C)CC(C)(COCc2ccccc2)C(=O)O1. The third kappa shape index (κ3) is 2.91. The summed E-state index contributed by atoms with van der Waals surface area (Å²) in [6.07, 6.45) is 0.702. The van der Waals surface area contributed by atoms with Crippen LogP contribution >= 0.6 is 0 Å². The third-order valence-electron chi connectivity index (χ3n) is 3.21. The summed E-state index contributed by atoms with van der Waals surface area (Å²) in [5.74, 6) is -0.152. The van der Waals surface area contributed by atoms with Crippen LogP contribution in [0.2, 0.25) is 0 Å². The lowest BCUT2D eigenvalue weighted by atomic mass is 9.84. The molecule has 1 aromatic rings. The van der Waals surface area contributed by atoms with Gasteiger partial charge in [0.05, 0.1) is 18.6 Å². The van der Waals surface area contributed by atoms with Gasteiger partial charge in [-0.15, -0.1) is 0 Å². The first-order valence-corrected chi connectivity index (χ1v) is 6.26. The smallest absolute Gasteiger partial charge is 0.314 e. The molecule has 3 nitrogen and oxygen atoms in total. The normalized spacial score (nSPS) is 26.1. The maximum Gasteiger partial charge on any atom is 0.314 e. The van der Waals surface area contributed by atoms with Crippen molar-refractivity contribution in [3.8, 4) is 0 Å². The molecule has 2 rings (SSSR count). The van der Waals surface area contributed by atoms with Gasteiger partial charge in [-0.1, -0.05) is 30.3 Å². The summed E-state index contributed by atoms with van der Waals surface area (Å²) in [5, 5.41) is 0. The summed E-state index contributed by atoms with van der Waals surface area (Å²) in [6.45, 7) is 6.73. The summed E-state index contributed by atoms with van der Waals surface area (Å²) in [4.78, 5) is 11.9. The van der Waals surface area contributed by atoms with Crippen molar-refractivity contribution in [1.29, 1.82) is 0 Å². The number of carbonyl (C=O) groups is 1. The lowest BCUT2D eigenvalue weighted by molar-refractivity contribution is -0.154.